The van der Waals surface area contributed by atoms with Gasteiger partial charge in [0, 0.05) is 12.1 Å². The Kier molecular flexibility index (Phi) is 7.12. The van der Waals surface area contributed by atoms with E-state index < -0.39 is 0 Å². The molecule has 0 fully saturated rings. The highest BCUT2D eigenvalue weighted by Crippen LogP contribution is 2.37. The van der Waals surface area contributed by atoms with Crippen molar-refractivity contribution in [1.29, 1.82) is 0 Å². The maximum atomic E-state index is 12.2. The van der Waals surface area contributed by atoms with Crippen LogP contribution in [0.1, 0.15) is 36.2 Å². The summed E-state index contributed by atoms with van der Waals surface area (Å²) in [5.74, 6) is 1.05. The van der Waals surface area contributed by atoms with Crippen LogP contribution >= 0.6 is 15.9 Å². The largest absolute Gasteiger partial charge is 0.490 e. The van der Waals surface area contributed by atoms with Gasteiger partial charge in [0.1, 0.15) is 6.61 Å². The van der Waals surface area contributed by atoms with Crippen LogP contribution in [0.5, 0.6) is 11.5 Å². The Bertz CT molecular complexity index is 674. The number of halogens is 1. The lowest BCUT2D eigenvalue weighted by molar-refractivity contribution is 0.0953. The van der Waals surface area contributed by atoms with Gasteiger partial charge < -0.3 is 14.8 Å². The molecule has 0 aliphatic heterocycles. The van der Waals surface area contributed by atoms with Gasteiger partial charge in [-0.1, -0.05) is 37.3 Å². The molecule has 0 bridgehead atoms. The number of carbonyl (C=O) groups excluding carboxylic acids is 1. The standard InChI is InChI=1S/C19H22BrNO3/c1-3-10-21-19(22)15-11-16(20)18(17(12-15)23-4-2)24-13-14-8-6-5-7-9-14/h5-9,11-12H,3-4,10,13H2,1-2H3,(H,21,22). The van der Waals surface area contributed by atoms with Gasteiger partial charge in [0.2, 0.25) is 0 Å². The molecule has 0 aliphatic carbocycles. The summed E-state index contributed by atoms with van der Waals surface area (Å²) in [6.45, 7) is 5.49. The topological polar surface area (TPSA) is 47.6 Å². The first-order chi connectivity index (χ1) is 11.7. The number of carbonyl (C=O) groups is 1. The van der Waals surface area contributed by atoms with E-state index in [0.717, 1.165) is 12.0 Å². The minimum atomic E-state index is -0.117. The van der Waals surface area contributed by atoms with E-state index in [2.05, 4.69) is 21.2 Å². The van der Waals surface area contributed by atoms with Crippen molar-refractivity contribution < 1.29 is 14.3 Å². The van der Waals surface area contributed by atoms with Crippen molar-refractivity contribution in [2.24, 2.45) is 0 Å². The maximum Gasteiger partial charge on any atom is 0.251 e. The molecule has 1 N–H and O–H groups in total. The molecule has 0 saturated heterocycles. The fraction of sp³-hybridized carbons (Fsp3) is 0.316. The quantitative estimate of drug-likeness (QED) is 0.716. The Morgan fingerprint density at radius 1 is 1.12 bits per heavy atom. The molecule has 0 saturated carbocycles. The van der Waals surface area contributed by atoms with Gasteiger partial charge in [0.25, 0.3) is 5.91 Å². The lowest BCUT2D eigenvalue weighted by atomic mass is 10.2. The Morgan fingerprint density at radius 3 is 2.54 bits per heavy atom. The summed E-state index contributed by atoms with van der Waals surface area (Å²) >= 11 is 3.49. The summed E-state index contributed by atoms with van der Waals surface area (Å²) in [5, 5.41) is 2.87. The van der Waals surface area contributed by atoms with Crippen molar-refractivity contribution in [1.82, 2.24) is 5.32 Å². The van der Waals surface area contributed by atoms with Gasteiger partial charge in [-0.05, 0) is 47.0 Å². The second kappa shape index (κ2) is 9.33. The van der Waals surface area contributed by atoms with Crippen molar-refractivity contribution >= 4 is 21.8 Å². The fourth-order valence-electron chi connectivity index (χ4n) is 2.17. The van der Waals surface area contributed by atoms with E-state index in [9.17, 15) is 4.79 Å². The van der Waals surface area contributed by atoms with E-state index in [1.165, 1.54) is 0 Å². The summed E-state index contributed by atoms with van der Waals surface area (Å²) in [5.41, 5.74) is 1.61. The molecule has 0 heterocycles. The van der Waals surface area contributed by atoms with Crippen LogP contribution in [0.2, 0.25) is 0 Å². The first kappa shape index (κ1) is 18.3. The second-order valence-corrected chi connectivity index (χ2v) is 6.10. The number of benzene rings is 2. The van der Waals surface area contributed by atoms with Crippen LogP contribution < -0.4 is 14.8 Å². The molecule has 2 aromatic carbocycles. The average Bonchev–Trinajstić information content (AvgIpc) is 2.60. The van der Waals surface area contributed by atoms with Crippen molar-refractivity contribution in [2.75, 3.05) is 13.2 Å². The van der Waals surface area contributed by atoms with E-state index in [1.807, 2.05) is 44.2 Å². The molecule has 1 amide bonds. The van der Waals surface area contributed by atoms with E-state index in [-0.39, 0.29) is 5.91 Å². The molecule has 24 heavy (non-hydrogen) atoms. The zero-order valence-electron chi connectivity index (χ0n) is 14.0. The van der Waals surface area contributed by atoms with Crippen molar-refractivity contribution in [3.8, 4) is 11.5 Å². The SMILES string of the molecule is CCCNC(=O)c1cc(Br)c(OCc2ccccc2)c(OCC)c1. The van der Waals surface area contributed by atoms with Gasteiger partial charge in [-0.25, -0.2) is 0 Å². The van der Waals surface area contributed by atoms with Crippen LogP contribution in [0.15, 0.2) is 46.9 Å². The number of amides is 1. The Balaban J connectivity index is 2.21. The summed E-state index contributed by atoms with van der Waals surface area (Å²) in [6, 6.07) is 13.4. The Morgan fingerprint density at radius 2 is 1.88 bits per heavy atom. The van der Waals surface area contributed by atoms with Crippen LogP contribution in [-0.4, -0.2) is 19.1 Å². The highest BCUT2D eigenvalue weighted by molar-refractivity contribution is 9.10. The molecule has 0 aliphatic rings. The zero-order valence-corrected chi connectivity index (χ0v) is 15.6. The molecule has 0 aromatic heterocycles. The van der Waals surface area contributed by atoms with E-state index >= 15 is 0 Å². The minimum Gasteiger partial charge on any atom is -0.490 e. The molecule has 2 rings (SSSR count). The zero-order chi connectivity index (χ0) is 17.4. The average molecular weight is 392 g/mol. The number of ether oxygens (including phenoxy) is 2. The molecule has 0 radical (unpaired) electrons. The maximum absolute atomic E-state index is 12.2. The predicted octanol–water partition coefficient (Wildman–Crippen LogP) is 4.57. The number of hydrogen-bond donors (Lipinski definition) is 1. The highest BCUT2D eigenvalue weighted by Gasteiger charge is 2.16. The lowest BCUT2D eigenvalue weighted by Gasteiger charge is -2.15. The Labute approximate surface area is 151 Å². The van der Waals surface area contributed by atoms with Crippen molar-refractivity contribution in [2.45, 2.75) is 26.9 Å². The van der Waals surface area contributed by atoms with Gasteiger partial charge in [-0.15, -0.1) is 0 Å². The molecular weight excluding hydrogens is 370 g/mol. The monoisotopic (exact) mass is 391 g/mol. The van der Waals surface area contributed by atoms with E-state index in [1.54, 1.807) is 12.1 Å². The van der Waals surface area contributed by atoms with Crippen LogP contribution in [0.4, 0.5) is 0 Å². The van der Waals surface area contributed by atoms with Gasteiger partial charge in [-0.3, -0.25) is 4.79 Å². The first-order valence-electron chi connectivity index (χ1n) is 8.07. The second-order valence-electron chi connectivity index (χ2n) is 5.25. The predicted molar refractivity (Wildman–Crippen MR) is 98.7 cm³/mol. The molecule has 0 unspecified atom stereocenters. The van der Waals surface area contributed by atoms with E-state index in [4.69, 9.17) is 9.47 Å². The third-order valence-electron chi connectivity index (χ3n) is 3.33. The third-order valence-corrected chi connectivity index (χ3v) is 3.92. The van der Waals surface area contributed by atoms with Gasteiger partial charge in [-0.2, -0.15) is 0 Å². The highest BCUT2D eigenvalue weighted by atomic mass is 79.9. The molecule has 5 heteroatoms. The number of rotatable bonds is 8. The van der Waals surface area contributed by atoms with Crippen molar-refractivity contribution in [3.05, 3.63) is 58.1 Å². The molecular formula is C19H22BrNO3. The molecule has 2 aromatic rings. The summed E-state index contributed by atoms with van der Waals surface area (Å²) in [6.07, 6.45) is 0.892. The fourth-order valence-corrected chi connectivity index (χ4v) is 2.73. The molecule has 128 valence electrons. The lowest BCUT2D eigenvalue weighted by Crippen LogP contribution is -2.24. The summed E-state index contributed by atoms with van der Waals surface area (Å²) in [4.78, 5) is 12.2. The normalized spacial score (nSPS) is 10.3. The van der Waals surface area contributed by atoms with Gasteiger partial charge >= 0.3 is 0 Å². The van der Waals surface area contributed by atoms with Gasteiger partial charge in [0.15, 0.2) is 11.5 Å². The van der Waals surface area contributed by atoms with Crippen molar-refractivity contribution in [3.63, 3.8) is 0 Å². The van der Waals surface area contributed by atoms with Crippen LogP contribution in [0.3, 0.4) is 0 Å². The number of hydrogen-bond acceptors (Lipinski definition) is 3. The summed E-state index contributed by atoms with van der Waals surface area (Å²) in [7, 11) is 0. The summed E-state index contributed by atoms with van der Waals surface area (Å²) < 4.78 is 12.3. The molecule has 0 atom stereocenters. The van der Waals surface area contributed by atoms with Gasteiger partial charge in [0.05, 0.1) is 11.1 Å². The minimum absolute atomic E-state index is 0.117. The Hall–Kier alpha value is -2.01. The van der Waals surface area contributed by atoms with Crippen LogP contribution in [0, 0.1) is 0 Å². The first-order valence-corrected chi connectivity index (χ1v) is 8.86. The van der Waals surface area contributed by atoms with Crippen LogP contribution in [-0.2, 0) is 6.61 Å². The smallest absolute Gasteiger partial charge is 0.251 e. The molecule has 4 nitrogen and oxygen atoms in total. The molecule has 0 spiro atoms. The van der Waals surface area contributed by atoms with Crippen LogP contribution in [0.25, 0.3) is 0 Å². The number of nitrogens with one attached hydrogen (secondary N) is 1. The third kappa shape index (κ3) is 4.99. The van der Waals surface area contributed by atoms with E-state index in [0.29, 0.717) is 41.3 Å².